The van der Waals surface area contributed by atoms with Crippen molar-refractivity contribution in [2.24, 2.45) is 0 Å². The Morgan fingerprint density at radius 2 is 1.62 bits per heavy atom. The number of hydrogen-bond acceptors (Lipinski definition) is 9. The van der Waals surface area contributed by atoms with Gasteiger partial charge in [-0.3, -0.25) is 24.6 Å². The summed E-state index contributed by atoms with van der Waals surface area (Å²) in [6, 6.07) is 13.8. The molecule has 2 fully saturated rings. The average Bonchev–Trinajstić information content (AvgIpc) is 3.38. The summed E-state index contributed by atoms with van der Waals surface area (Å²) in [7, 11) is 0. The van der Waals surface area contributed by atoms with E-state index in [4.69, 9.17) is 14.2 Å². The topological polar surface area (TPSA) is 111 Å². The van der Waals surface area contributed by atoms with Gasteiger partial charge < -0.3 is 14.2 Å². The molecule has 3 aliphatic rings. The van der Waals surface area contributed by atoms with Crippen molar-refractivity contribution in [3.05, 3.63) is 71.3 Å². The Labute approximate surface area is 231 Å². The largest absolute Gasteiger partial charge is 0.460 e. The average molecular weight is 553 g/mol. The van der Waals surface area contributed by atoms with Crippen molar-refractivity contribution < 1.29 is 33.4 Å². The molecule has 0 saturated carbocycles. The van der Waals surface area contributed by atoms with Gasteiger partial charge in [0.25, 0.3) is 11.8 Å². The van der Waals surface area contributed by atoms with Crippen molar-refractivity contribution >= 4 is 35.5 Å². The van der Waals surface area contributed by atoms with Gasteiger partial charge in [0.2, 0.25) is 0 Å². The lowest BCUT2D eigenvalue weighted by molar-refractivity contribution is -0.160. The summed E-state index contributed by atoms with van der Waals surface area (Å²) >= 11 is 1.39. The van der Waals surface area contributed by atoms with Gasteiger partial charge in [0.1, 0.15) is 18.2 Å². The van der Waals surface area contributed by atoms with E-state index in [9.17, 15) is 19.2 Å². The van der Waals surface area contributed by atoms with Crippen molar-refractivity contribution in [1.29, 1.82) is 0 Å². The SMILES string of the molecule is CC(C)(C)OC(=O)C(C1NC(C(=O)OCc2ccccc2)C2(CCOCC2)S1)N1C(=O)c2ccccc2C1=O. The predicted octanol–water partition coefficient (Wildman–Crippen LogP) is 3.32. The zero-order valence-electron chi connectivity index (χ0n) is 22.2. The summed E-state index contributed by atoms with van der Waals surface area (Å²) in [6.07, 6.45) is 1.07. The molecular formula is C29H32N2O7S. The number of imide groups is 1. The minimum absolute atomic E-state index is 0.105. The molecular weight excluding hydrogens is 520 g/mol. The second kappa shape index (κ2) is 10.7. The van der Waals surface area contributed by atoms with E-state index in [1.165, 1.54) is 11.8 Å². The van der Waals surface area contributed by atoms with Gasteiger partial charge >= 0.3 is 11.9 Å². The van der Waals surface area contributed by atoms with E-state index in [1.807, 2.05) is 30.3 Å². The molecule has 0 aliphatic carbocycles. The lowest BCUT2D eigenvalue weighted by atomic mass is 9.90. The third-order valence-electron chi connectivity index (χ3n) is 7.06. The van der Waals surface area contributed by atoms with E-state index >= 15 is 0 Å². The van der Waals surface area contributed by atoms with Gasteiger partial charge in [-0.15, -0.1) is 11.8 Å². The highest BCUT2D eigenvalue weighted by Crippen LogP contribution is 2.48. The molecule has 1 N–H and O–H groups in total. The quantitative estimate of drug-likeness (QED) is 0.426. The molecule has 2 amide bonds. The first-order valence-electron chi connectivity index (χ1n) is 13.0. The first-order chi connectivity index (χ1) is 18.6. The third kappa shape index (κ3) is 5.46. The highest BCUT2D eigenvalue weighted by molar-refractivity contribution is 8.01. The van der Waals surface area contributed by atoms with Crippen LogP contribution in [0.4, 0.5) is 0 Å². The molecule has 2 saturated heterocycles. The van der Waals surface area contributed by atoms with Gasteiger partial charge in [0.05, 0.1) is 16.5 Å². The van der Waals surface area contributed by atoms with Gasteiger partial charge in [-0.25, -0.2) is 4.79 Å². The number of nitrogens with zero attached hydrogens (tertiary/aromatic N) is 1. The van der Waals surface area contributed by atoms with E-state index in [0.717, 1.165) is 10.5 Å². The van der Waals surface area contributed by atoms with Crippen LogP contribution >= 0.6 is 11.8 Å². The van der Waals surface area contributed by atoms with E-state index in [0.29, 0.717) is 26.1 Å². The number of fused-ring (bicyclic) bond motifs is 1. The van der Waals surface area contributed by atoms with E-state index < -0.39 is 51.6 Å². The first kappa shape index (κ1) is 27.4. The fourth-order valence-electron chi connectivity index (χ4n) is 5.23. The van der Waals surface area contributed by atoms with Crippen LogP contribution in [-0.4, -0.2) is 69.7 Å². The van der Waals surface area contributed by atoms with E-state index in [1.54, 1.807) is 45.0 Å². The number of esters is 2. The van der Waals surface area contributed by atoms with Crippen LogP contribution in [-0.2, 0) is 30.4 Å². The second-order valence-electron chi connectivity index (χ2n) is 10.9. The van der Waals surface area contributed by atoms with Gasteiger partial charge in [0.15, 0.2) is 6.04 Å². The van der Waals surface area contributed by atoms with Crippen molar-refractivity contribution in [2.75, 3.05) is 13.2 Å². The van der Waals surface area contributed by atoms with Gasteiger partial charge in [0, 0.05) is 18.0 Å². The highest BCUT2D eigenvalue weighted by Gasteiger charge is 2.58. The maximum Gasteiger partial charge on any atom is 0.332 e. The monoisotopic (exact) mass is 552 g/mol. The summed E-state index contributed by atoms with van der Waals surface area (Å²) in [4.78, 5) is 55.1. The summed E-state index contributed by atoms with van der Waals surface area (Å²) in [6.45, 7) is 6.16. The predicted molar refractivity (Wildman–Crippen MR) is 144 cm³/mol. The van der Waals surface area contributed by atoms with Crippen LogP contribution in [0.1, 0.15) is 59.9 Å². The van der Waals surface area contributed by atoms with Crippen molar-refractivity contribution in [3.8, 4) is 0 Å². The van der Waals surface area contributed by atoms with Gasteiger partial charge in [-0.2, -0.15) is 0 Å². The molecule has 5 rings (SSSR count). The van der Waals surface area contributed by atoms with Crippen molar-refractivity contribution in [3.63, 3.8) is 0 Å². The second-order valence-corrected chi connectivity index (χ2v) is 12.5. The summed E-state index contributed by atoms with van der Waals surface area (Å²) < 4.78 is 16.4. The lowest BCUT2D eigenvalue weighted by Crippen LogP contribution is -2.57. The van der Waals surface area contributed by atoms with Crippen LogP contribution in [0.25, 0.3) is 0 Å². The van der Waals surface area contributed by atoms with Crippen molar-refractivity contribution in [1.82, 2.24) is 10.2 Å². The molecule has 3 heterocycles. The first-order valence-corrected chi connectivity index (χ1v) is 13.9. The molecule has 2 aromatic carbocycles. The van der Waals surface area contributed by atoms with Crippen LogP contribution in [0.5, 0.6) is 0 Å². The molecule has 2 aromatic rings. The number of ether oxygens (including phenoxy) is 3. The Bertz CT molecular complexity index is 1230. The Kier molecular flexibility index (Phi) is 7.54. The zero-order chi connectivity index (χ0) is 27.8. The molecule has 3 aliphatic heterocycles. The molecule has 3 atom stereocenters. The minimum Gasteiger partial charge on any atom is -0.460 e. The highest BCUT2D eigenvalue weighted by atomic mass is 32.2. The Balaban J connectivity index is 1.46. The van der Waals surface area contributed by atoms with Gasteiger partial charge in [-0.1, -0.05) is 42.5 Å². The van der Waals surface area contributed by atoms with E-state index in [2.05, 4.69) is 5.32 Å². The minimum atomic E-state index is -1.30. The number of amides is 2. The third-order valence-corrected chi connectivity index (χ3v) is 8.82. The maximum atomic E-state index is 13.7. The standard InChI is InChI=1S/C29H32N2O7S/c1-28(2,3)38-26(34)21(31-24(32)19-11-7-8-12-20(19)25(31)33)23-30-22(29(39-23)13-15-36-16-14-29)27(35)37-17-18-9-5-4-6-10-18/h4-12,21-23,30H,13-17H2,1-3H3. The fourth-order valence-corrected chi connectivity index (χ4v) is 7.01. The molecule has 0 radical (unpaired) electrons. The molecule has 1 spiro atoms. The van der Waals surface area contributed by atoms with Crippen LogP contribution in [0.2, 0.25) is 0 Å². The maximum absolute atomic E-state index is 13.7. The Morgan fingerprint density at radius 1 is 1.03 bits per heavy atom. The molecule has 0 bridgehead atoms. The number of benzene rings is 2. The zero-order valence-corrected chi connectivity index (χ0v) is 23.0. The normalized spacial score (nSPS) is 23.0. The Hall–Kier alpha value is -3.21. The number of nitrogens with one attached hydrogen (secondary N) is 1. The molecule has 9 nitrogen and oxygen atoms in total. The smallest absolute Gasteiger partial charge is 0.332 e. The summed E-state index contributed by atoms with van der Waals surface area (Å²) in [5, 5.41) is 2.49. The number of thioether (sulfide) groups is 1. The molecule has 0 aromatic heterocycles. The number of rotatable bonds is 6. The molecule has 10 heteroatoms. The number of carbonyl (C=O) groups excluding carboxylic acids is 4. The van der Waals surface area contributed by atoms with Gasteiger partial charge in [-0.05, 0) is 51.3 Å². The van der Waals surface area contributed by atoms with Crippen molar-refractivity contribution in [2.45, 2.75) is 68.0 Å². The number of carbonyl (C=O) groups is 4. The lowest BCUT2D eigenvalue weighted by Gasteiger charge is -2.36. The molecule has 39 heavy (non-hydrogen) atoms. The number of hydrogen-bond donors (Lipinski definition) is 1. The summed E-state index contributed by atoms with van der Waals surface area (Å²) in [5.74, 6) is -2.31. The van der Waals surface area contributed by atoms with Crippen LogP contribution in [0, 0.1) is 0 Å². The summed E-state index contributed by atoms with van der Waals surface area (Å²) in [5.41, 5.74) is 0.464. The van der Waals surface area contributed by atoms with Crippen LogP contribution in [0.3, 0.4) is 0 Å². The van der Waals surface area contributed by atoms with Crippen LogP contribution < -0.4 is 5.32 Å². The van der Waals surface area contributed by atoms with E-state index in [-0.39, 0.29) is 17.7 Å². The molecule has 3 unspecified atom stereocenters. The van der Waals surface area contributed by atoms with Crippen LogP contribution in [0.15, 0.2) is 54.6 Å². The Morgan fingerprint density at radius 3 is 2.21 bits per heavy atom. The molecule has 206 valence electrons. The fraction of sp³-hybridized carbons (Fsp3) is 0.448.